The van der Waals surface area contributed by atoms with Crippen molar-refractivity contribution in [2.24, 2.45) is 0 Å². The lowest BCUT2D eigenvalue weighted by Crippen LogP contribution is -2.38. The first-order valence-corrected chi connectivity index (χ1v) is 7.37. The van der Waals surface area contributed by atoms with Gasteiger partial charge in [-0.2, -0.15) is 0 Å². The van der Waals surface area contributed by atoms with E-state index in [-0.39, 0.29) is 11.7 Å². The second-order valence-corrected chi connectivity index (χ2v) is 5.62. The highest BCUT2D eigenvalue weighted by molar-refractivity contribution is 7.09. The molecule has 0 atom stereocenters. The van der Waals surface area contributed by atoms with Gasteiger partial charge in [-0.05, 0) is 30.0 Å². The predicted molar refractivity (Wildman–Crippen MR) is 76.9 cm³/mol. The molecule has 1 aromatic carbocycles. The Morgan fingerprint density at radius 1 is 1.40 bits per heavy atom. The van der Waals surface area contributed by atoms with Crippen LogP contribution in [0.3, 0.4) is 0 Å². The van der Waals surface area contributed by atoms with E-state index in [1.165, 1.54) is 17.0 Å². The van der Waals surface area contributed by atoms with E-state index in [0.29, 0.717) is 31.0 Å². The number of hydrogen-bond donors (Lipinski definition) is 0. The van der Waals surface area contributed by atoms with Crippen LogP contribution in [0.15, 0.2) is 35.7 Å². The molecule has 1 amide bonds. The van der Waals surface area contributed by atoms with Gasteiger partial charge in [0.25, 0.3) is 0 Å². The van der Waals surface area contributed by atoms with E-state index in [2.05, 4.69) is 0 Å². The average Bonchev–Trinajstić information content (AvgIpc) is 2.97. The SMILES string of the molecule is O=C(CCc1cccs1)N1CCOc2ccc(F)cc21. The molecule has 3 rings (SSSR count). The molecule has 20 heavy (non-hydrogen) atoms. The van der Waals surface area contributed by atoms with Gasteiger partial charge in [0.15, 0.2) is 0 Å². The van der Waals surface area contributed by atoms with Crippen molar-refractivity contribution in [3.8, 4) is 5.75 Å². The fourth-order valence-corrected chi connectivity index (χ4v) is 2.98. The van der Waals surface area contributed by atoms with E-state index >= 15 is 0 Å². The van der Waals surface area contributed by atoms with Crippen LogP contribution in [0.4, 0.5) is 10.1 Å². The highest BCUT2D eigenvalue weighted by Gasteiger charge is 2.23. The zero-order chi connectivity index (χ0) is 13.9. The van der Waals surface area contributed by atoms with Crippen molar-refractivity contribution < 1.29 is 13.9 Å². The molecule has 0 spiro atoms. The van der Waals surface area contributed by atoms with Gasteiger partial charge in [0, 0.05) is 17.4 Å². The van der Waals surface area contributed by atoms with Gasteiger partial charge in [-0.3, -0.25) is 4.79 Å². The summed E-state index contributed by atoms with van der Waals surface area (Å²) in [5.74, 6) is 0.223. The Hall–Kier alpha value is -1.88. The molecule has 1 aliphatic heterocycles. The molecular formula is C15H14FNO2S. The summed E-state index contributed by atoms with van der Waals surface area (Å²) in [4.78, 5) is 15.1. The Bertz CT molecular complexity index is 612. The molecule has 0 saturated heterocycles. The van der Waals surface area contributed by atoms with E-state index in [1.54, 1.807) is 22.3 Å². The third kappa shape index (κ3) is 2.67. The number of aryl methyl sites for hydroxylation is 1. The van der Waals surface area contributed by atoms with Gasteiger partial charge in [-0.15, -0.1) is 11.3 Å². The lowest BCUT2D eigenvalue weighted by Gasteiger charge is -2.29. The lowest BCUT2D eigenvalue weighted by molar-refractivity contribution is -0.118. The Kier molecular flexibility index (Phi) is 3.69. The van der Waals surface area contributed by atoms with Crippen molar-refractivity contribution in [1.29, 1.82) is 0 Å². The molecule has 0 fully saturated rings. The van der Waals surface area contributed by atoms with Gasteiger partial charge in [-0.25, -0.2) is 4.39 Å². The van der Waals surface area contributed by atoms with Crippen LogP contribution < -0.4 is 9.64 Å². The first kappa shape index (κ1) is 13.1. The number of fused-ring (bicyclic) bond motifs is 1. The standard InChI is InChI=1S/C15H14FNO2S/c16-11-3-5-14-13(10-11)17(7-8-19-14)15(18)6-4-12-2-1-9-20-12/h1-3,5,9-10H,4,6-8H2. The maximum atomic E-state index is 13.3. The summed E-state index contributed by atoms with van der Waals surface area (Å²) >= 11 is 1.64. The molecule has 5 heteroatoms. The van der Waals surface area contributed by atoms with Gasteiger partial charge in [0.2, 0.25) is 5.91 Å². The average molecular weight is 291 g/mol. The number of benzene rings is 1. The van der Waals surface area contributed by atoms with Crippen molar-refractivity contribution >= 4 is 22.9 Å². The number of rotatable bonds is 3. The number of nitrogens with zero attached hydrogens (tertiary/aromatic N) is 1. The van der Waals surface area contributed by atoms with Crippen LogP contribution in [-0.2, 0) is 11.2 Å². The van der Waals surface area contributed by atoms with Crippen LogP contribution in [0, 0.1) is 5.82 Å². The van der Waals surface area contributed by atoms with Crippen molar-refractivity contribution in [3.63, 3.8) is 0 Å². The van der Waals surface area contributed by atoms with E-state index in [4.69, 9.17) is 4.74 Å². The van der Waals surface area contributed by atoms with Crippen molar-refractivity contribution in [2.75, 3.05) is 18.1 Å². The van der Waals surface area contributed by atoms with Crippen molar-refractivity contribution in [2.45, 2.75) is 12.8 Å². The number of carbonyl (C=O) groups excluding carboxylic acids is 1. The van der Waals surface area contributed by atoms with Crippen LogP contribution in [0.2, 0.25) is 0 Å². The molecule has 1 aromatic heterocycles. The molecule has 2 heterocycles. The van der Waals surface area contributed by atoms with Gasteiger partial charge in [0.05, 0.1) is 12.2 Å². The zero-order valence-electron chi connectivity index (χ0n) is 10.8. The van der Waals surface area contributed by atoms with Crippen LogP contribution in [0.25, 0.3) is 0 Å². The maximum Gasteiger partial charge on any atom is 0.227 e. The van der Waals surface area contributed by atoms with Gasteiger partial charge >= 0.3 is 0 Å². The van der Waals surface area contributed by atoms with Crippen LogP contribution in [0.5, 0.6) is 5.75 Å². The molecule has 0 unspecified atom stereocenters. The number of thiophene rings is 1. The van der Waals surface area contributed by atoms with Crippen LogP contribution in [-0.4, -0.2) is 19.1 Å². The molecule has 2 aromatic rings. The molecule has 0 saturated carbocycles. The van der Waals surface area contributed by atoms with Gasteiger partial charge < -0.3 is 9.64 Å². The second-order valence-electron chi connectivity index (χ2n) is 4.59. The summed E-state index contributed by atoms with van der Waals surface area (Å²) in [6.07, 6.45) is 1.15. The molecule has 104 valence electrons. The maximum absolute atomic E-state index is 13.3. The quantitative estimate of drug-likeness (QED) is 0.869. The third-order valence-corrected chi connectivity index (χ3v) is 4.19. The predicted octanol–water partition coefficient (Wildman–Crippen LogP) is 3.25. The summed E-state index contributed by atoms with van der Waals surface area (Å²) in [7, 11) is 0. The van der Waals surface area contributed by atoms with Crippen LogP contribution >= 0.6 is 11.3 Å². The summed E-state index contributed by atoms with van der Waals surface area (Å²) in [6, 6.07) is 8.27. The van der Waals surface area contributed by atoms with Gasteiger partial charge in [-0.1, -0.05) is 6.07 Å². The Labute approximate surface area is 120 Å². The lowest BCUT2D eigenvalue weighted by atomic mass is 10.2. The highest BCUT2D eigenvalue weighted by Crippen LogP contribution is 2.32. The number of halogens is 1. The summed E-state index contributed by atoms with van der Waals surface area (Å²) < 4.78 is 18.8. The Morgan fingerprint density at radius 3 is 3.10 bits per heavy atom. The molecule has 1 aliphatic rings. The fourth-order valence-electron chi connectivity index (χ4n) is 2.27. The second kappa shape index (κ2) is 5.63. The number of hydrogen-bond acceptors (Lipinski definition) is 3. The minimum atomic E-state index is -0.356. The summed E-state index contributed by atoms with van der Waals surface area (Å²) in [5, 5.41) is 2.00. The smallest absolute Gasteiger partial charge is 0.227 e. The third-order valence-electron chi connectivity index (χ3n) is 3.25. The van der Waals surface area contributed by atoms with E-state index in [1.807, 2.05) is 17.5 Å². The summed E-state index contributed by atoms with van der Waals surface area (Å²) in [6.45, 7) is 0.920. The van der Waals surface area contributed by atoms with Crippen molar-refractivity contribution in [3.05, 3.63) is 46.4 Å². The van der Waals surface area contributed by atoms with E-state index in [0.717, 1.165) is 6.42 Å². The van der Waals surface area contributed by atoms with E-state index in [9.17, 15) is 9.18 Å². The molecule has 0 N–H and O–H groups in total. The summed E-state index contributed by atoms with van der Waals surface area (Å²) in [5.41, 5.74) is 0.535. The van der Waals surface area contributed by atoms with E-state index < -0.39 is 0 Å². The minimum absolute atomic E-state index is 0.00792. The molecule has 0 aliphatic carbocycles. The fraction of sp³-hybridized carbons (Fsp3) is 0.267. The highest BCUT2D eigenvalue weighted by atomic mass is 32.1. The number of carbonyl (C=O) groups is 1. The number of ether oxygens (including phenoxy) is 1. The minimum Gasteiger partial charge on any atom is -0.490 e. The molecule has 3 nitrogen and oxygen atoms in total. The Balaban J connectivity index is 1.74. The molecule has 0 radical (unpaired) electrons. The first-order chi connectivity index (χ1) is 9.74. The van der Waals surface area contributed by atoms with Gasteiger partial charge in [0.1, 0.15) is 18.2 Å². The largest absolute Gasteiger partial charge is 0.490 e. The van der Waals surface area contributed by atoms with Crippen molar-refractivity contribution in [1.82, 2.24) is 0 Å². The monoisotopic (exact) mass is 291 g/mol. The molecular weight excluding hydrogens is 277 g/mol. The molecule has 0 bridgehead atoms. The number of anilines is 1. The topological polar surface area (TPSA) is 29.5 Å². The number of amides is 1. The normalized spacial score (nSPS) is 13.8. The Morgan fingerprint density at radius 2 is 2.30 bits per heavy atom. The zero-order valence-corrected chi connectivity index (χ0v) is 11.7. The van der Waals surface area contributed by atoms with Crippen LogP contribution in [0.1, 0.15) is 11.3 Å². The first-order valence-electron chi connectivity index (χ1n) is 6.49.